The predicted octanol–water partition coefficient (Wildman–Crippen LogP) is 1.06. The molecular weight excluding hydrogens is 292 g/mol. The lowest BCUT2D eigenvalue weighted by atomic mass is 10.3. The molecule has 0 unspecified atom stereocenters. The number of carbonyl (C=O) groups is 2. The van der Waals surface area contributed by atoms with Crippen LogP contribution in [-0.4, -0.2) is 32.0 Å². The molecule has 110 valence electrons. The van der Waals surface area contributed by atoms with Crippen LogP contribution in [0.1, 0.15) is 16.1 Å². The zero-order valence-electron chi connectivity index (χ0n) is 11.3. The first kappa shape index (κ1) is 14.9. The summed E-state index contributed by atoms with van der Waals surface area (Å²) in [5.41, 5.74) is 1.63. The van der Waals surface area contributed by atoms with Gasteiger partial charge in [0.25, 0.3) is 0 Å². The van der Waals surface area contributed by atoms with Gasteiger partial charge < -0.3 is 10.4 Å². The summed E-state index contributed by atoms with van der Waals surface area (Å²) in [6.45, 7) is 1.93. The van der Waals surface area contributed by atoms with Crippen LogP contribution in [0.5, 0.6) is 0 Å². The lowest BCUT2D eigenvalue weighted by molar-refractivity contribution is -0.137. The van der Waals surface area contributed by atoms with Crippen LogP contribution in [0.15, 0.2) is 23.7 Å². The number of hydrogen-bond acceptors (Lipinski definition) is 5. The fourth-order valence-electron chi connectivity index (χ4n) is 1.58. The maximum absolute atomic E-state index is 11.7. The molecular formula is C13H14N4O3S. The molecule has 1 amide bonds. The summed E-state index contributed by atoms with van der Waals surface area (Å²) in [4.78, 5) is 23.2. The molecule has 0 saturated heterocycles. The van der Waals surface area contributed by atoms with Crippen molar-refractivity contribution in [3.8, 4) is 0 Å². The molecule has 0 fully saturated rings. The molecule has 0 spiro atoms. The van der Waals surface area contributed by atoms with Crippen molar-refractivity contribution in [1.82, 2.24) is 20.3 Å². The molecule has 0 atom stereocenters. The largest absolute Gasteiger partial charge is 0.480 e. The van der Waals surface area contributed by atoms with Gasteiger partial charge in [-0.3, -0.25) is 9.59 Å². The minimum atomic E-state index is -0.996. The molecule has 2 N–H and O–H groups in total. The van der Waals surface area contributed by atoms with Crippen molar-refractivity contribution in [2.75, 3.05) is 0 Å². The number of rotatable bonds is 6. The molecule has 0 aliphatic carbocycles. The van der Waals surface area contributed by atoms with Crippen molar-refractivity contribution in [2.45, 2.75) is 20.0 Å². The molecule has 8 heteroatoms. The van der Waals surface area contributed by atoms with E-state index in [0.717, 1.165) is 10.4 Å². The normalized spacial score (nSPS) is 10.9. The zero-order chi connectivity index (χ0) is 15.2. The van der Waals surface area contributed by atoms with Crippen molar-refractivity contribution in [3.63, 3.8) is 0 Å². The number of nitrogens with zero attached hydrogens (tertiary/aromatic N) is 3. The molecule has 0 bridgehead atoms. The number of carbonyl (C=O) groups excluding carboxylic acids is 1. The Labute approximate surface area is 124 Å². The summed E-state index contributed by atoms with van der Waals surface area (Å²) in [6.07, 6.45) is 4.71. The van der Waals surface area contributed by atoms with E-state index in [4.69, 9.17) is 5.11 Å². The fraction of sp³-hybridized carbons (Fsp3) is 0.231. The second kappa shape index (κ2) is 6.80. The standard InChI is InChI=1S/C13H14N4O3S/c1-9-4-5-21-11(9)2-3-12(18)14-6-10-7-17(16-15-10)8-13(19)20/h2-5,7H,6,8H2,1H3,(H,14,18)(H,19,20)/b3-2+. The average Bonchev–Trinajstić information content (AvgIpc) is 3.02. The van der Waals surface area contributed by atoms with Crippen molar-refractivity contribution in [2.24, 2.45) is 0 Å². The highest BCUT2D eigenvalue weighted by Crippen LogP contribution is 2.16. The Kier molecular flexibility index (Phi) is 4.83. The van der Waals surface area contributed by atoms with Gasteiger partial charge in [0.2, 0.25) is 5.91 Å². The number of nitrogens with one attached hydrogen (secondary N) is 1. The minimum absolute atomic E-state index is 0.201. The number of aliphatic carboxylic acids is 1. The third kappa shape index (κ3) is 4.53. The molecule has 0 aliphatic rings. The van der Waals surface area contributed by atoms with Crippen molar-refractivity contribution < 1.29 is 14.7 Å². The SMILES string of the molecule is Cc1ccsc1/C=C/C(=O)NCc1cn(CC(=O)O)nn1. The van der Waals surface area contributed by atoms with Gasteiger partial charge in [-0.1, -0.05) is 5.21 Å². The lowest BCUT2D eigenvalue weighted by Crippen LogP contribution is -2.20. The molecule has 7 nitrogen and oxygen atoms in total. The zero-order valence-corrected chi connectivity index (χ0v) is 12.1. The van der Waals surface area contributed by atoms with E-state index in [1.165, 1.54) is 17.0 Å². The van der Waals surface area contributed by atoms with Gasteiger partial charge in [-0.15, -0.1) is 16.4 Å². The summed E-state index contributed by atoms with van der Waals surface area (Å²) in [6, 6.07) is 1.99. The number of hydrogen-bond donors (Lipinski definition) is 2. The van der Waals surface area contributed by atoms with E-state index in [1.807, 2.05) is 18.4 Å². The van der Waals surface area contributed by atoms with Gasteiger partial charge in [-0.05, 0) is 30.0 Å². The van der Waals surface area contributed by atoms with Crippen LogP contribution in [0, 0.1) is 6.92 Å². The van der Waals surface area contributed by atoms with Crippen LogP contribution in [0.25, 0.3) is 6.08 Å². The Morgan fingerprint density at radius 1 is 1.52 bits per heavy atom. The van der Waals surface area contributed by atoms with Gasteiger partial charge >= 0.3 is 5.97 Å². The van der Waals surface area contributed by atoms with E-state index in [-0.39, 0.29) is 19.0 Å². The molecule has 2 rings (SSSR count). The van der Waals surface area contributed by atoms with E-state index in [0.29, 0.717) is 5.69 Å². The highest BCUT2D eigenvalue weighted by molar-refractivity contribution is 7.11. The summed E-state index contributed by atoms with van der Waals surface area (Å²) >= 11 is 1.57. The highest BCUT2D eigenvalue weighted by Gasteiger charge is 2.05. The Bertz CT molecular complexity index is 675. The third-order valence-electron chi connectivity index (χ3n) is 2.61. The van der Waals surface area contributed by atoms with E-state index >= 15 is 0 Å². The average molecular weight is 306 g/mol. The third-order valence-corrected chi connectivity index (χ3v) is 3.60. The highest BCUT2D eigenvalue weighted by atomic mass is 32.1. The maximum atomic E-state index is 11.7. The van der Waals surface area contributed by atoms with Crippen molar-refractivity contribution >= 4 is 29.3 Å². The fourth-order valence-corrected chi connectivity index (χ4v) is 2.40. The number of aromatic nitrogens is 3. The van der Waals surface area contributed by atoms with Crippen LogP contribution in [0.3, 0.4) is 0 Å². The molecule has 2 heterocycles. The van der Waals surface area contributed by atoms with Crippen LogP contribution in [0.2, 0.25) is 0 Å². The van der Waals surface area contributed by atoms with Gasteiger partial charge in [-0.2, -0.15) is 0 Å². The van der Waals surface area contributed by atoms with E-state index in [2.05, 4.69) is 15.6 Å². The minimum Gasteiger partial charge on any atom is -0.480 e. The van der Waals surface area contributed by atoms with Crippen molar-refractivity contribution in [3.05, 3.63) is 39.9 Å². The van der Waals surface area contributed by atoms with Gasteiger partial charge in [0, 0.05) is 11.0 Å². The summed E-state index contributed by atoms with van der Waals surface area (Å²) in [7, 11) is 0. The molecule has 0 aromatic carbocycles. The summed E-state index contributed by atoms with van der Waals surface area (Å²) < 4.78 is 1.20. The van der Waals surface area contributed by atoms with E-state index in [1.54, 1.807) is 17.4 Å². The number of carboxylic acid groups (broad SMARTS) is 1. The van der Waals surface area contributed by atoms with Gasteiger partial charge in [0.15, 0.2) is 0 Å². The smallest absolute Gasteiger partial charge is 0.325 e. The lowest BCUT2D eigenvalue weighted by Gasteiger charge is -1.97. The van der Waals surface area contributed by atoms with Crippen LogP contribution in [-0.2, 0) is 22.7 Å². The first-order valence-corrected chi connectivity index (χ1v) is 7.03. The van der Waals surface area contributed by atoms with Gasteiger partial charge in [0.1, 0.15) is 12.2 Å². The molecule has 0 radical (unpaired) electrons. The first-order chi connectivity index (χ1) is 10.0. The molecule has 2 aromatic rings. The number of thiophene rings is 1. The van der Waals surface area contributed by atoms with E-state index < -0.39 is 5.97 Å². The second-order valence-corrected chi connectivity index (χ2v) is 5.27. The van der Waals surface area contributed by atoms with Gasteiger partial charge in [-0.25, -0.2) is 4.68 Å². The van der Waals surface area contributed by atoms with Gasteiger partial charge in [0.05, 0.1) is 12.7 Å². The summed E-state index contributed by atoms with van der Waals surface area (Å²) in [5, 5.41) is 20.7. The molecule has 0 saturated carbocycles. The van der Waals surface area contributed by atoms with Crippen LogP contribution in [0.4, 0.5) is 0 Å². The number of amides is 1. The number of aryl methyl sites for hydroxylation is 1. The monoisotopic (exact) mass is 306 g/mol. The Balaban J connectivity index is 1.84. The molecule has 21 heavy (non-hydrogen) atoms. The molecule has 0 aliphatic heterocycles. The predicted molar refractivity (Wildman–Crippen MR) is 77.6 cm³/mol. The molecule has 2 aromatic heterocycles. The Morgan fingerprint density at radius 2 is 2.33 bits per heavy atom. The second-order valence-electron chi connectivity index (χ2n) is 4.32. The number of carboxylic acids is 1. The van der Waals surface area contributed by atoms with Crippen molar-refractivity contribution in [1.29, 1.82) is 0 Å². The van der Waals surface area contributed by atoms with E-state index in [9.17, 15) is 9.59 Å². The van der Waals surface area contributed by atoms with Crippen LogP contribution < -0.4 is 5.32 Å². The first-order valence-electron chi connectivity index (χ1n) is 6.15. The quantitative estimate of drug-likeness (QED) is 0.778. The summed E-state index contributed by atoms with van der Waals surface area (Å²) in [5.74, 6) is -1.24. The Hall–Kier alpha value is -2.48. The Morgan fingerprint density at radius 3 is 3.00 bits per heavy atom. The topological polar surface area (TPSA) is 97.1 Å². The van der Waals surface area contributed by atoms with Crippen LogP contribution >= 0.6 is 11.3 Å². The maximum Gasteiger partial charge on any atom is 0.325 e.